The minimum absolute atomic E-state index is 0.0101. The van der Waals surface area contributed by atoms with Crippen molar-refractivity contribution < 1.29 is 9.53 Å². The lowest BCUT2D eigenvalue weighted by Crippen LogP contribution is -2.42. The molecule has 3 nitrogen and oxygen atoms in total. The van der Waals surface area contributed by atoms with Crippen LogP contribution in [0.25, 0.3) is 0 Å². The van der Waals surface area contributed by atoms with Gasteiger partial charge in [-0.1, -0.05) is 105 Å². The van der Waals surface area contributed by atoms with E-state index >= 15 is 0 Å². The number of nitrogens with one attached hydrogen (secondary N) is 1. The zero-order chi connectivity index (χ0) is 21.9. The monoisotopic (exact) mass is 433 g/mol. The van der Waals surface area contributed by atoms with Crippen molar-refractivity contribution in [2.75, 3.05) is 12.8 Å². The molecular formula is C27H32NO2P. The quantitative estimate of drug-likeness (QED) is 0.438. The predicted molar refractivity (Wildman–Crippen MR) is 131 cm³/mol. The third-order valence-electron chi connectivity index (χ3n) is 5.26. The predicted octanol–water partition coefficient (Wildman–Crippen LogP) is 4.87. The smallest absolute Gasteiger partial charge is 0.220 e. The van der Waals surface area contributed by atoms with Crippen LogP contribution in [-0.2, 0) is 16.1 Å². The van der Waals surface area contributed by atoms with Crippen LogP contribution in [-0.4, -0.2) is 24.7 Å². The fourth-order valence-corrected chi connectivity index (χ4v) is 5.70. The summed E-state index contributed by atoms with van der Waals surface area (Å²) in [5.74, 6) is 0.408. The van der Waals surface area contributed by atoms with Gasteiger partial charge >= 0.3 is 0 Å². The van der Waals surface area contributed by atoms with Crippen molar-refractivity contribution in [2.45, 2.75) is 32.9 Å². The van der Waals surface area contributed by atoms with Crippen LogP contribution in [0.2, 0.25) is 0 Å². The largest absolute Gasteiger partial charge is 0.375 e. The normalized spacial score (nSPS) is 12.1. The van der Waals surface area contributed by atoms with Crippen molar-refractivity contribution in [1.82, 2.24) is 5.32 Å². The van der Waals surface area contributed by atoms with Crippen molar-refractivity contribution in [2.24, 2.45) is 5.92 Å². The summed E-state index contributed by atoms with van der Waals surface area (Å²) in [6.45, 7) is 5.33. The van der Waals surface area contributed by atoms with E-state index in [1.54, 1.807) is 0 Å². The van der Waals surface area contributed by atoms with Crippen LogP contribution < -0.4 is 15.9 Å². The van der Waals surface area contributed by atoms with Gasteiger partial charge in [-0.05, 0) is 36.2 Å². The van der Waals surface area contributed by atoms with Crippen LogP contribution in [0, 0.1) is 5.92 Å². The Kier molecular flexibility index (Phi) is 9.27. The molecule has 4 heteroatoms. The molecule has 0 aliphatic heterocycles. The number of carbonyl (C=O) groups is 1. The van der Waals surface area contributed by atoms with E-state index in [1.165, 1.54) is 10.6 Å². The fraction of sp³-hybridized carbons (Fsp3) is 0.296. The molecule has 0 aliphatic rings. The lowest BCUT2D eigenvalue weighted by Gasteiger charge is -2.23. The van der Waals surface area contributed by atoms with E-state index in [4.69, 9.17) is 4.74 Å². The van der Waals surface area contributed by atoms with Crippen LogP contribution in [0.4, 0.5) is 0 Å². The Balaban J connectivity index is 1.55. The highest BCUT2D eigenvalue weighted by Gasteiger charge is 2.19. The van der Waals surface area contributed by atoms with E-state index < -0.39 is 7.92 Å². The average Bonchev–Trinajstić information content (AvgIpc) is 2.80. The first-order valence-corrected chi connectivity index (χ1v) is 12.4. The number of carbonyl (C=O) groups excluding carboxylic acids is 1. The summed E-state index contributed by atoms with van der Waals surface area (Å²) >= 11 is 0. The Morgan fingerprint density at radius 3 is 1.87 bits per heavy atom. The zero-order valence-electron chi connectivity index (χ0n) is 18.4. The molecule has 0 radical (unpaired) electrons. The number of hydrogen-bond acceptors (Lipinski definition) is 2. The summed E-state index contributed by atoms with van der Waals surface area (Å²) in [5.41, 5.74) is 1.15. The Hall–Kier alpha value is -2.48. The first-order chi connectivity index (χ1) is 15.1. The Morgan fingerprint density at radius 1 is 0.839 bits per heavy atom. The molecule has 0 aromatic heterocycles. The SMILES string of the molecule is CC(C)[C@H](COCc1ccccc1)NC(=O)CCP(c1ccccc1)c1ccccc1. The van der Waals surface area contributed by atoms with Gasteiger partial charge in [0.05, 0.1) is 19.3 Å². The molecule has 31 heavy (non-hydrogen) atoms. The van der Waals surface area contributed by atoms with Crippen LogP contribution in [0.15, 0.2) is 91.0 Å². The van der Waals surface area contributed by atoms with Crippen LogP contribution in [0.5, 0.6) is 0 Å². The zero-order valence-corrected chi connectivity index (χ0v) is 19.3. The van der Waals surface area contributed by atoms with Crippen LogP contribution in [0.3, 0.4) is 0 Å². The summed E-state index contributed by atoms with van der Waals surface area (Å²) in [4.78, 5) is 12.8. The summed E-state index contributed by atoms with van der Waals surface area (Å²) < 4.78 is 5.90. The summed E-state index contributed by atoms with van der Waals surface area (Å²) in [7, 11) is -0.557. The van der Waals surface area contributed by atoms with Gasteiger partial charge in [0.25, 0.3) is 0 Å². The van der Waals surface area contributed by atoms with Crippen molar-refractivity contribution in [3.05, 3.63) is 96.6 Å². The Labute approximate surface area is 187 Å². The maximum absolute atomic E-state index is 12.8. The van der Waals surface area contributed by atoms with Crippen molar-refractivity contribution in [3.63, 3.8) is 0 Å². The summed E-state index contributed by atoms with van der Waals surface area (Å²) in [5, 5.41) is 5.82. The second kappa shape index (κ2) is 12.4. The standard InChI is InChI=1S/C27H32NO2P/c1-22(2)26(21-30-20-23-12-6-3-7-13-23)28-27(29)18-19-31(24-14-8-4-9-15-24)25-16-10-5-11-17-25/h3-17,22,26H,18-21H2,1-2H3,(H,28,29)/t26-/m0/s1. The van der Waals surface area contributed by atoms with E-state index in [1.807, 2.05) is 30.3 Å². The topological polar surface area (TPSA) is 38.3 Å². The average molecular weight is 434 g/mol. The minimum Gasteiger partial charge on any atom is -0.375 e. The molecule has 1 atom stereocenters. The van der Waals surface area contributed by atoms with Gasteiger partial charge in [0, 0.05) is 6.42 Å². The second-order valence-electron chi connectivity index (χ2n) is 7.99. The Bertz CT molecular complexity index is 861. The number of rotatable bonds is 11. The highest BCUT2D eigenvalue weighted by atomic mass is 31.1. The molecule has 0 bridgehead atoms. The number of hydrogen-bond donors (Lipinski definition) is 1. The molecule has 3 rings (SSSR count). The van der Waals surface area contributed by atoms with E-state index in [-0.39, 0.29) is 11.9 Å². The molecule has 162 valence electrons. The van der Waals surface area contributed by atoms with E-state index in [9.17, 15) is 4.79 Å². The first kappa shape index (κ1) is 23.2. The maximum Gasteiger partial charge on any atom is 0.220 e. The van der Waals surface area contributed by atoms with Crippen molar-refractivity contribution in [3.8, 4) is 0 Å². The summed E-state index contributed by atoms with van der Waals surface area (Å²) in [6, 6.07) is 31.2. The third kappa shape index (κ3) is 7.61. The number of ether oxygens (including phenoxy) is 1. The molecule has 0 aliphatic carbocycles. The van der Waals surface area contributed by atoms with E-state index in [2.05, 4.69) is 79.8 Å². The molecule has 1 N–H and O–H groups in total. The van der Waals surface area contributed by atoms with E-state index in [0.29, 0.717) is 25.6 Å². The molecule has 3 aromatic carbocycles. The molecule has 0 unspecified atom stereocenters. The number of amides is 1. The number of benzene rings is 3. The van der Waals surface area contributed by atoms with Gasteiger partial charge in [-0.3, -0.25) is 4.79 Å². The maximum atomic E-state index is 12.8. The van der Waals surface area contributed by atoms with Gasteiger partial charge in [-0.15, -0.1) is 0 Å². The van der Waals surface area contributed by atoms with Gasteiger partial charge in [0.2, 0.25) is 5.91 Å². The molecule has 1 amide bonds. The molecular weight excluding hydrogens is 401 g/mol. The molecule has 0 saturated heterocycles. The molecule has 0 saturated carbocycles. The summed E-state index contributed by atoms with van der Waals surface area (Å²) in [6.07, 6.45) is 1.35. The lowest BCUT2D eigenvalue weighted by atomic mass is 10.1. The molecule has 0 heterocycles. The molecule has 0 spiro atoms. The highest BCUT2D eigenvalue weighted by molar-refractivity contribution is 7.73. The Morgan fingerprint density at radius 2 is 1.35 bits per heavy atom. The molecule has 3 aromatic rings. The van der Waals surface area contributed by atoms with Crippen LogP contribution >= 0.6 is 7.92 Å². The highest BCUT2D eigenvalue weighted by Crippen LogP contribution is 2.34. The van der Waals surface area contributed by atoms with Crippen molar-refractivity contribution >= 4 is 24.4 Å². The van der Waals surface area contributed by atoms with Crippen molar-refractivity contribution in [1.29, 1.82) is 0 Å². The van der Waals surface area contributed by atoms with Gasteiger partial charge in [0.15, 0.2) is 0 Å². The fourth-order valence-electron chi connectivity index (χ4n) is 3.39. The van der Waals surface area contributed by atoms with Gasteiger partial charge < -0.3 is 10.1 Å². The third-order valence-corrected chi connectivity index (χ3v) is 7.77. The van der Waals surface area contributed by atoms with E-state index in [0.717, 1.165) is 11.7 Å². The van der Waals surface area contributed by atoms with Crippen LogP contribution in [0.1, 0.15) is 25.8 Å². The second-order valence-corrected chi connectivity index (χ2v) is 10.3. The minimum atomic E-state index is -0.557. The lowest BCUT2D eigenvalue weighted by molar-refractivity contribution is -0.122. The first-order valence-electron chi connectivity index (χ1n) is 10.9. The van der Waals surface area contributed by atoms with Gasteiger partial charge in [0.1, 0.15) is 0 Å². The molecule has 0 fully saturated rings. The van der Waals surface area contributed by atoms with Gasteiger partial charge in [-0.25, -0.2) is 0 Å². The van der Waals surface area contributed by atoms with Gasteiger partial charge in [-0.2, -0.15) is 0 Å².